The molecule has 7 nitrogen and oxygen atoms in total. The van der Waals surface area contributed by atoms with Crippen LogP contribution in [0.2, 0.25) is 10.0 Å². The molecule has 0 radical (unpaired) electrons. The molecule has 3 aromatic rings. The van der Waals surface area contributed by atoms with Crippen molar-refractivity contribution in [3.63, 3.8) is 0 Å². The highest BCUT2D eigenvalue weighted by Crippen LogP contribution is 2.38. The fraction of sp³-hybridized carbons (Fsp3) is 0.148. The molecule has 0 spiro atoms. The Bertz CT molecular complexity index is 1420. The zero-order valence-electron chi connectivity index (χ0n) is 19.8. The molecule has 1 aliphatic rings. The number of carbonyl (C=O) groups is 3. The van der Waals surface area contributed by atoms with Crippen LogP contribution in [0.15, 0.2) is 64.6 Å². The summed E-state index contributed by atoms with van der Waals surface area (Å²) < 4.78 is 12.0. The third kappa shape index (κ3) is 5.82. The molecule has 1 aliphatic heterocycles. The number of carbonyl (C=O) groups excluding carboxylic acids is 3. The second kappa shape index (κ2) is 11.4. The van der Waals surface area contributed by atoms with Gasteiger partial charge in [0.15, 0.2) is 11.5 Å². The van der Waals surface area contributed by atoms with E-state index in [2.05, 4.69) is 21.2 Å². The lowest BCUT2D eigenvalue weighted by Gasteiger charge is -2.26. The molecule has 0 saturated carbocycles. The average Bonchev–Trinajstić information content (AvgIpc) is 2.87. The molecule has 0 unspecified atom stereocenters. The minimum absolute atomic E-state index is 0.153. The number of imide groups is 2. The predicted octanol–water partition coefficient (Wildman–Crippen LogP) is 6.57. The molecule has 4 amide bonds. The molecule has 4 rings (SSSR count). The second-order valence-corrected chi connectivity index (χ2v) is 9.73. The van der Waals surface area contributed by atoms with E-state index in [4.69, 9.17) is 32.7 Å². The summed E-state index contributed by atoms with van der Waals surface area (Å²) in [4.78, 5) is 39.2. The lowest BCUT2D eigenvalue weighted by atomic mass is 10.1. The van der Waals surface area contributed by atoms with Gasteiger partial charge in [-0.2, -0.15) is 0 Å². The number of urea groups is 1. The van der Waals surface area contributed by atoms with Crippen molar-refractivity contribution in [2.75, 3.05) is 12.0 Å². The lowest BCUT2D eigenvalue weighted by molar-refractivity contribution is -0.122. The van der Waals surface area contributed by atoms with Crippen molar-refractivity contribution in [1.29, 1.82) is 0 Å². The molecular weight excluding hydrogens is 583 g/mol. The number of benzene rings is 3. The number of ether oxygens (including phenoxy) is 2. The maximum atomic E-state index is 13.2. The monoisotopic (exact) mass is 602 g/mol. The number of nitrogens with one attached hydrogen (secondary N) is 1. The fourth-order valence-electron chi connectivity index (χ4n) is 3.69. The molecule has 0 bridgehead atoms. The van der Waals surface area contributed by atoms with Crippen molar-refractivity contribution in [1.82, 2.24) is 5.32 Å². The van der Waals surface area contributed by atoms with Crippen molar-refractivity contribution >= 4 is 68.7 Å². The van der Waals surface area contributed by atoms with Crippen LogP contribution in [0, 0.1) is 0 Å². The minimum atomic E-state index is -0.806. The first-order valence-corrected chi connectivity index (χ1v) is 12.7. The number of amides is 4. The van der Waals surface area contributed by atoms with Gasteiger partial charge in [0.2, 0.25) is 0 Å². The number of anilines is 1. The molecule has 1 heterocycles. The summed E-state index contributed by atoms with van der Waals surface area (Å²) >= 11 is 15.7. The Morgan fingerprint density at radius 2 is 1.76 bits per heavy atom. The number of hydrogen-bond donors (Lipinski definition) is 1. The Labute approximate surface area is 232 Å². The number of aryl methyl sites for hydroxylation is 1. The van der Waals surface area contributed by atoms with Gasteiger partial charge >= 0.3 is 6.03 Å². The van der Waals surface area contributed by atoms with Gasteiger partial charge in [-0.15, -0.1) is 0 Å². The Balaban J connectivity index is 1.63. The van der Waals surface area contributed by atoms with Gasteiger partial charge in [-0.1, -0.05) is 48.3 Å². The van der Waals surface area contributed by atoms with E-state index >= 15 is 0 Å². The van der Waals surface area contributed by atoms with Crippen molar-refractivity contribution < 1.29 is 23.9 Å². The van der Waals surface area contributed by atoms with E-state index in [1.165, 1.54) is 13.2 Å². The molecule has 37 heavy (non-hydrogen) atoms. The summed E-state index contributed by atoms with van der Waals surface area (Å²) in [7, 11) is 1.47. The topological polar surface area (TPSA) is 84.9 Å². The van der Waals surface area contributed by atoms with Crippen molar-refractivity contribution in [2.45, 2.75) is 20.0 Å². The Morgan fingerprint density at radius 3 is 2.41 bits per heavy atom. The Kier molecular flexibility index (Phi) is 8.22. The predicted molar refractivity (Wildman–Crippen MR) is 146 cm³/mol. The third-order valence-corrected chi connectivity index (χ3v) is 6.83. The molecule has 0 atom stereocenters. The first-order chi connectivity index (χ1) is 17.7. The number of hydrogen-bond acceptors (Lipinski definition) is 5. The Morgan fingerprint density at radius 1 is 1.03 bits per heavy atom. The van der Waals surface area contributed by atoms with Crippen LogP contribution in [0.25, 0.3) is 6.08 Å². The molecule has 3 aromatic carbocycles. The van der Waals surface area contributed by atoms with E-state index < -0.39 is 17.8 Å². The fourth-order valence-corrected chi connectivity index (χ4v) is 4.73. The van der Waals surface area contributed by atoms with E-state index in [1.807, 2.05) is 19.1 Å². The van der Waals surface area contributed by atoms with Crippen LogP contribution in [-0.2, 0) is 22.6 Å². The summed E-state index contributed by atoms with van der Waals surface area (Å²) in [5.41, 5.74) is 2.43. The molecule has 1 saturated heterocycles. The molecule has 190 valence electrons. The highest BCUT2D eigenvalue weighted by atomic mass is 79.9. The highest BCUT2D eigenvalue weighted by molar-refractivity contribution is 9.10. The zero-order valence-corrected chi connectivity index (χ0v) is 22.9. The molecule has 0 aromatic heterocycles. The van der Waals surface area contributed by atoms with Crippen LogP contribution in [-0.4, -0.2) is 25.0 Å². The first kappa shape index (κ1) is 26.7. The van der Waals surface area contributed by atoms with Gasteiger partial charge in [-0.3, -0.25) is 14.9 Å². The van der Waals surface area contributed by atoms with E-state index in [-0.39, 0.29) is 12.2 Å². The molecule has 0 aliphatic carbocycles. The van der Waals surface area contributed by atoms with Crippen LogP contribution < -0.4 is 19.7 Å². The number of halogens is 3. The smallest absolute Gasteiger partial charge is 0.335 e. The summed E-state index contributed by atoms with van der Waals surface area (Å²) in [6.07, 6.45) is 2.21. The molecular formula is C27H21BrCl2N2O5. The number of methoxy groups -OCH3 is 1. The maximum Gasteiger partial charge on any atom is 0.335 e. The van der Waals surface area contributed by atoms with Gasteiger partial charge in [0.1, 0.15) is 12.2 Å². The highest BCUT2D eigenvalue weighted by Gasteiger charge is 2.36. The van der Waals surface area contributed by atoms with Crippen LogP contribution in [0.1, 0.15) is 23.6 Å². The van der Waals surface area contributed by atoms with E-state index in [0.29, 0.717) is 37.3 Å². The summed E-state index contributed by atoms with van der Waals surface area (Å²) in [5.74, 6) is -0.754. The van der Waals surface area contributed by atoms with E-state index in [1.54, 1.807) is 42.5 Å². The second-order valence-electron chi connectivity index (χ2n) is 8.04. The van der Waals surface area contributed by atoms with Gasteiger partial charge in [0, 0.05) is 15.6 Å². The van der Waals surface area contributed by atoms with Gasteiger partial charge in [0.25, 0.3) is 11.8 Å². The van der Waals surface area contributed by atoms with Crippen molar-refractivity contribution in [3.05, 3.63) is 91.4 Å². The number of nitrogens with zero attached hydrogens (tertiary/aromatic N) is 1. The lowest BCUT2D eigenvalue weighted by Crippen LogP contribution is -2.54. The Hall–Kier alpha value is -3.33. The maximum absolute atomic E-state index is 13.2. The summed E-state index contributed by atoms with van der Waals surface area (Å²) in [5, 5.41) is 3.21. The van der Waals surface area contributed by atoms with Gasteiger partial charge < -0.3 is 9.47 Å². The normalized spacial score (nSPS) is 14.7. The van der Waals surface area contributed by atoms with Crippen LogP contribution >= 0.6 is 39.1 Å². The van der Waals surface area contributed by atoms with Crippen LogP contribution in [0.4, 0.5) is 10.5 Å². The molecule has 1 fully saturated rings. The third-order valence-electron chi connectivity index (χ3n) is 5.65. The van der Waals surface area contributed by atoms with E-state index in [9.17, 15) is 14.4 Å². The summed E-state index contributed by atoms with van der Waals surface area (Å²) in [6.45, 7) is 2.16. The molecule has 1 N–H and O–H groups in total. The summed E-state index contributed by atoms with van der Waals surface area (Å²) in [6, 6.07) is 14.6. The first-order valence-electron chi connectivity index (χ1n) is 11.2. The standard InChI is InChI=1S/C27H21BrCl2N2O5/c1-3-15-4-8-19(9-5-15)32-26(34)20(25(33)31-27(32)35)10-16-11-21(28)24(23(12-16)36-2)37-14-17-6-7-18(29)13-22(17)30/h4-13H,3,14H2,1-2H3,(H,31,33,35)/b20-10-. The van der Waals surface area contributed by atoms with Gasteiger partial charge in [-0.25, -0.2) is 9.69 Å². The minimum Gasteiger partial charge on any atom is -0.493 e. The number of rotatable bonds is 7. The zero-order chi connectivity index (χ0) is 26.7. The van der Waals surface area contributed by atoms with Crippen LogP contribution in [0.3, 0.4) is 0 Å². The SMILES string of the molecule is CCc1ccc(N2C(=O)NC(=O)/C(=C/c3cc(Br)c(OCc4ccc(Cl)cc4Cl)c(OC)c3)C2=O)cc1. The van der Waals surface area contributed by atoms with E-state index in [0.717, 1.165) is 22.4 Å². The largest absolute Gasteiger partial charge is 0.493 e. The van der Waals surface area contributed by atoms with Crippen molar-refractivity contribution in [2.24, 2.45) is 0 Å². The quantitative estimate of drug-likeness (QED) is 0.244. The van der Waals surface area contributed by atoms with Crippen LogP contribution in [0.5, 0.6) is 11.5 Å². The van der Waals surface area contributed by atoms with Crippen molar-refractivity contribution in [3.8, 4) is 11.5 Å². The van der Waals surface area contributed by atoms with Gasteiger partial charge in [0.05, 0.1) is 17.3 Å². The number of barbiturate groups is 1. The van der Waals surface area contributed by atoms with Gasteiger partial charge in [-0.05, 0) is 76.0 Å². The molecule has 10 heteroatoms. The average molecular weight is 604 g/mol.